The Morgan fingerprint density at radius 2 is 2.00 bits per heavy atom. The van der Waals surface area contributed by atoms with Crippen molar-refractivity contribution in [1.29, 1.82) is 0 Å². The maximum atomic E-state index is 12.5. The highest BCUT2D eigenvalue weighted by Gasteiger charge is 2.32. The molecule has 0 aromatic carbocycles. The molecule has 8 heteroatoms. The van der Waals surface area contributed by atoms with Crippen LogP contribution in [0.1, 0.15) is 30.1 Å². The van der Waals surface area contributed by atoms with Gasteiger partial charge in [0.05, 0.1) is 31.3 Å². The van der Waals surface area contributed by atoms with Gasteiger partial charge in [0.1, 0.15) is 11.9 Å². The Labute approximate surface area is 144 Å². The van der Waals surface area contributed by atoms with E-state index in [1.807, 2.05) is 0 Å². The Kier molecular flexibility index (Phi) is 4.12. The predicted molar refractivity (Wildman–Crippen MR) is 91.9 cm³/mol. The van der Waals surface area contributed by atoms with Gasteiger partial charge in [-0.1, -0.05) is 0 Å². The summed E-state index contributed by atoms with van der Waals surface area (Å²) in [5.74, 6) is 0.481. The summed E-state index contributed by atoms with van der Waals surface area (Å²) in [6, 6.07) is 2.78. The highest BCUT2D eigenvalue weighted by Crippen LogP contribution is 2.23. The molecule has 1 saturated heterocycles. The van der Waals surface area contributed by atoms with Gasteiger partial charge in [0, 0.05) is 19.2 Å². The fourth-order valence-electron chi connectivity index (χ4n) is 3.47. The van der Waals surface area contributed by atoms with Crippen molar-refractivity contribution in [2.45, 2.75) is 37.8 Å². The largest absolute Gasteiger partial charge is 0.377 e. The molecule has 0 saturated carbocycles. The van der Waals surface area contributed by atoms with Crippen LogP contribution >= 0.6 is 0 Å². The molecule has 1 N–H and O–H groups in total. The van der Waals surface area contributed by atoms with Crippen molar-refractivity contribution in [2.75, 3.05) is 18.5 Å². The number of hydrogen-bond acceptors (Lipinski definition) is 6. The lowest BCUT2D eigenvalue weighted by Crippen LogP contribution is -2.38. The monoisotopic (exact) mass is 343 g/mol. The number of nitrogens with one attached hydrogen (secondary N) is 1. The number of nitrogens with zero attached hydrogens (tertiary/aromatic N) is 4. The number of aryl methyl sites for hydroxylation is 3. The zero-order valence-electron chi connectivity index (χ0n) is 14.1. The summed E-state index contributed by atoms with van der Waals surface area (Å²) < 4.78 is 8.52. The fourth-order valence-corrected chi connectivity index (χ4v) is 3.47. The standard InChI is InChI=1S/C17H21N5O3/c1-21-10-18-15(7-16(21)23)19-13-8-25-9-14(13)22-17(24)6-11-4-2-3-5-12(11)20-22/h6-7,10,13-14,19H,2-5,8-9H2,1H3. The van der Waals surface area contributed by atoms with E-state index in [1.54, 1.807) is 13.1 Å². The van der Waals surface area contributed by atoms with Gasteiger partial charge in [0.2, 0.25) is 0 Å². The Hall–Kier alpha value is -2.48. The highest BCUT2D eigenvalue weighted by atomic mass is 16.5. The summed E-state index contributed by atoms with van der Waals surface area (Å²) >= 11 is 0. The maximum absolute atomic E-state index is 12.5. The van der Waals surface area contributed by atoms with E-state index in [0.717, 1.165) is 36.9 Å². The second kappa shape index (κ2) is 6.44. The van der Waals surface area contributed by atoms with Gasteiger partial charge in [-0.2, -0.15) is 5.10 Å². The Balaban J connectivity index is 1.62. The molecule has 2 aliphatic rings. The fraction of sp³-hybridized carbons (Fsp3) is 0.529. The van der Waals surface area contributed by atoms with Gasteiger partial charge in [0.25, 0.3) is 11.1 Å². The van der Waals surface area contributed by atoms with Crippen LogP contribution < -0.4 is 16.4 Å². The van der Waals surface area contributed by atoms with Crippen molar-refractivity contribution >= 4 is 5.82 Å². The summed E-state index contributed by atoms with van der Waals surface area (Å²) in [5, 5.41) is 7.83. The molecule has 0 bridgehead atoms. The van der Waals surface area contributed by atoms with E-state index in [0.29, 0.717) is 19.0 Å². The summed E-state index contributed by atoms with van der Waals surface area (Å²) in [5.41, 5.74) is 1.85. The Morgan fingerprint density at radius 1 is 1.16 bits per heavy atom. The van der Waals surface area contributed by atoms with Crippen molar-refractivity contribution in [2.24, 2.45) is 7.05 Å². The van der Waals surface area contributed by atoms with Gasteiger partial charge in [-0.05, 0) is 31.2 Å². The molecular weight excluding hydrogens is 322 g/mol. The van der Waals surface area contributed by atoms with Gasteiger partial charge in [-0.15, -0.1) is 0 Å². The summed E-state index contributed by atoms with van der Waals surface area (Å²) in [7, 11) is 1.65. The number of fused-ring (bicyclic) bond motifs is 1. The SMILES string of the molecule is Cn1cnc(NC2COCC2n2nc3c(cc2=O)CCCC3)cc1=O. The number of rotatable bonds is 3. The van der Waals surface area contributed by atoms with Crippen molar-refractivity contribution in [3.8, 4) is 0 Å². The van der Waals surface area contributed by atoms with Crippen LogP contribution in [0.3, 0.4) is 0 Å². The van der Waals surface area contributed by atoms with Gasteiger partial charge in [-0.25, -0.2) is 9.67 Å². The normalized spacial score (nSPS) is 22.6. The molecule has 0 radical (unpaired) electrons. The third kappa shape index (κ3) is 3.09. The molecule has 2 atom stereocenters. The Morgan fingerprint density at radius 3 is 2.84 bits per heavy atom. The van der Waals surface area contributed by atoms with Crippen molar-refractivity contribution in [3.63, 3.8) is 0 Å². The molecule has 1 aliphatic heterocycles. The van der Waals surface area contributed by atoms with Crippen LogP contribution in [0.25, 0.3) is 0 Å². The van der Waals surface area contributed by atoms with Crippen molar-refractivity contribution in [3.05, 3.63) is 50.4 Å². The number of anilines is 1. The van der Waals surface area contributed by atoms with Crippen LogP contribution in [0, 0.1) is 0 Å². The smallest absolute Gasteiger partial charge is 0.267 e. The minimum atomic E-state index is -0.217. The molecule has 8 nitrogen and oxygen atoms in total. The van der Waals surface area contributed by atoms with E-state index in [9.17, 15) is 9.59 Å². The van der Waals surface area contributed by atoms with Crippen molar-refractivity contribution in [1.82, 2.24) is 19.3 Å². The van der Waals surface area contributed by atoms with Crippen LogP contribution in [0.4, 0.5) is 5.82 Å². The molecule has 3 heterocycles. The van der Waals surface area contributed by atoms with Gasteiger partial charge < -0.3 is 14.6 Å². The molecule has 0 amide bonds. The first-order chi connectivity index (χ1) is 12.1. The lowest BCUT2D eigenvalue weighted by atomic mass is 9.97. The molecule has 2 aromatic rings. The summed E-state index contributed by atoms with van der Waals surface area (Å²) in [4.78, 5) is 28.5. The lowest BCUT2D eigenvalue weighted by molar-refractivity contribution is 0.182. The van der Waals surface area contributed by atoms with E-state index < -0.39 is 0 Å². The number of hydrogen-bond donors (Lipinski definition) is 1. The van der Waals surface area contributed by atoms with E-state index in [-0.39, 0.29) is 23.2 Å². The van der Waals surface area contributed by atoms with Crippen LogP contribution in [0.5, 0.6) is 0 Å². The highest BCUT2D eigenvalue weighted by molar-refractivity contribution is 5.34. The van der Waals surface area contributed by atoms with Gasteiger partial charge in [0.15, 0.2) is 0 Å². The summed E-state index contributed by atoms with van der Waals surface area (Å²) in [6.45, 7) is 0.848. The lowest BCUT2D eigenvalue weighted by Gasteiger charge is -2.23. The van der Waals surface area contributed by atoms with Crippen LogP contribution in [-0.4, -0.2) is 38.6 Å². The second-order valence-corrected chi connectivity index (χ2v) is 6.69. The van der Waals surface area contributed by atoms with Crippen LogP contribution in [-0.2, 0) is 24.6 Å². The Bertz CT molecular complexity index is 904. The van der Waals surface area contributed by atoms with E-state index in [4.69, 9.17) is 4.74 Å². The molecule has 1 aliphatic carbocycles. The van der Waals surface area contributed by atoms with Crippen molar-refractivity contribution < 1.29 is 4.74 Å². The molecule has 25 heavy (non-hydrogen) atoms. The first-order valence-electron chi connectivity index (χ1n) is 8.60. The first kappa shape index (κ1) is 16.0. The third-order valence-electron chi connectivity index (χ3n) is 4.91. The quantitative estimate of drug-likeness (QED) is 0.860. The van der Waals surface area contributed by atoms with Gasteiger partial charge in [-0.3, -0.25) is 9.59 Å². The molecule has 1 fully saturated rings. The molecule has 132 valence electrons. The summed E-state index contributed by atoms with van der Waals surface area (Å²) in [6.07, 6.45) is 5.54. The molecular formula is C17H21N5O3. The van der Waals surface area contributed by atoms with Gasteiger partial charge >= 0.3 is 0 Å². The first-order valence-corrected chi connectivity index (χ1v) is 8.60. The number of aromatic nitrogens is 4. The minimum absolute atomic E-state index is 0.0973. The molecule has 0 spiro atoms. The van der Waals surface area contributed by atoms with Crippen LogP contribution in [0.15, 0.2) is 28.0 Å². The maximum Gasteiger partial charge on any atom is 0.267 e. The van der Waals surface area contributed by atoms with Crippen LogP contribution in [0.2, 0.25) is 0 Å². The molecule has 4 rings (SSSR count). The minimum Gasteiger partial charge on any atom is -0.377 e. The predicted octanol–water partition coefficient (Wildman–Crippen LogP) is 0.268. The second-order valence-electron chi connectivity index (χ2n) is 6.69. The molecule has 2 unspecified atom stereocenters. The van der Waals surface area contributed by atoms with E-state index >= 15 is 0 Å². The molecule has 2 aromatic heterocycles. The average molecular weight is 343 g/mol. The number of ether oxygens (including phenoxy) is 1. The third-order valence-corrected chi connectivity index (χ3v) is 4.91. The zero-order valence-corrected chi connectivity index (χ0v) is 14.1. The topological polar surface area (TPSA) is 91.0 Å². The van der Waals surface area contributed by atoms with E-state index in [1.165, 1.54) is 21.6 Å². The van der Waals surface area contributed by atoms with E-state index in [2.05, 4.69) is 15.4 Å². The average Bonchev–Trinajstić information content (AvgIpc) is 3.05. The zero-order chi connectivity index (χ0) is 17.4.